The number of halogens is 1. The first-order valence-corrected chi connectivity index (χ1v) is 10.9. The van der Waals surface area contributed by atoms with Crippen LogP contribution in [0.15, 0.2) is 70.1 Å². The number of hydrogen-bond donors (Lipinski definition) is 1. The van der Waals surface area contributed by atoms with Gasteiger partial charge in [0.05, 0.1) is 23.2 Å². The molecule has 2 heterocycles. The van der Waals surface area contributed by atoms with Gasteiger partial charge in [0.2, 0.25) is 5.91 Å². The molecule has 29 heavy (non-hydrogen) atoms. The van der Waals surface area contributed by atoms with E-state index in [1.54, 1.807) is 34.3 Å². The zero-order valence-electron chi connectivity index (χ0n) is 15.0. The van der Waals surface area contributed by atoms with Crippen LogP contribution in [0.1, 0.15) is 5.56 Å². The van der Waals surface area contributed by atoms with Gasteiger partial charge in [-0.3, -0.25) is 14.2 Å². The summed E-state index contributed by atoms with van der Waals surface area (Å²) in [4.78, 5) is 34.0. The molecule has 1 amide bonds. The van der Waals surface area contributed by atoms with Gasteiger partial charge in [0.15, 0.2) is 10.3 Å². The fourth-order valence-corrected chi connectivity index (χ4v) is 4.34. The van der Waals surface area contributed by atoms with Crippen molar-refractivity contribution < 1.29 is 4.79 Å². The number of para-hydroxylation sites is 1. The summed E-state index contributed by atoms with van der Waals surface area (Å²) in [6.45, 7) is 0.313. The standard InChI is InChI=1S/C20H15ClN4O2S2/c21-14-5-3-4-13(10-14)11-25-18(27)15-6-1-2-7-16(15)23-20(25)29-12-17(26)24-19-22-8-9-28-19/h1-10H,11-12H2,(H,22,24,26). The zero-order valence-corrected chi connectivity index (χ0v) is 17.4. The predicted molar refractivity (Wildman–Crippen MR) is 118 cm³/mol. The van der Waals surface area contributed by atoms with Crippen molar-refractivity contribution in [2.45, 2.75) is 11.7 Å². The van der Waals surface area contributed by atoms with Crippen LogP contribution in [0.25, 0.3) is 10.9 Å². The van der Waals surface area contributed by atoms with Gasteiger partial charge in [-0.25, -0.2) is 9.97 Å². The number of aromatic nitrogens is 3. The third-order valence-corrected chi connectivity index (χ3v) is 5.97. The highest BCUT2D eigenvalue weighted by atomic mass is 35.5. The predicted octanol–water partition coefficient (Wildman–Crippen LogP) is 4.29. The molecule has 0 radical (unpaired) electrons. The Morgan fingerprint density at radius 3 is 2.86 bits per heavy atom. The van der Waals surface area contributed by atoms with E-state index in [1.165, 1.54) is 23.1 Å². The zero-order chi connectivity index (χ0) is 20.2. The second-order valence-corrected chi connectivity index (χ2v) is 8.38. The number of anilines is 1. The largest absolute Gasteiger partial charge is 0.301 e. The second kappa shape index (κ2) is 8.77. The molecule has 9 heteroatoms. The maximum atomic E-state index is 13.1. The Labute approximate surface area is 179 Å². The summed E-state index contributed by atoms with van der Waals surface area (Å²) in [5, 5.41) is 6.67. The van der Waals surface area contributed by atoms with E-state index in [2.05, 4.69) is 15.3 Å². The average molecular weight is 443 g/mol. The highest BCUT2D eigenvalue weighted by Gasteiger charge is 2.14. The van der Waals surface area contributed by atoms with E-state index in [1.807, 2.05) is 30.3 Å². The first-order chi connectivity index (χ1) is 14.1. The number of nitrogens with zero attached hydrogens (tertiary/aromatic N) is 3. The van der Waals surface area contributed by atoms with E-state index in [0.29, 0.717) is 32.8 Å². The molecule has 2 aromatic carbocycles. The Balaban J connectivity index is 1.65. The number of carbonyl (C=O) groups is 1. The molecule has 0 unspecified atom stereocenters. The van der Waals surface area contributed by atoms with Crippen LogP contribution in [0.4, 0.5) is 5.13 Å². The van der Waals surface area contributed by atoms with Crippen LogP contribution in [0.3, 0.4) is 0 Å². The van der Waals surface area contributed by atoms with Crippen molar-refractivity contribution in [3.63, 3.8) is 0 Å². The fourth-order valence-electron chi connectivity index (χ4n) is 2.79. The van der Waals surface area contributed by atoms with E-state index < -0.39 is 0 Å². The molecule has 146 valence electrons. The van der Waals surface area contributed by atoms with E-state index in [0.717, 1.165) is 5.56 Å². The van der Waals surface area contributed by atoms with Crippen molar-refractivity contribution in [1.29, 1.82) is 0 Å². The monoisotopic (exact) mass is 442 g/mol. The number of benzene rings is 2. The number of hydrogen-bond acceptors (Lipinski definition) is 6. The minimum Gasteiger partial charge on any atom is -0.301 e. The van der Waals surface area contributed by atoms with Crippen molar-refractivity contribution in [1.82, 2.24) is 14.5 Å². The van der Waals surface area contributed by atoms with E-state index >= 15 is 0 Å². The van der Waals surface area contributed by atoms with Crippen LogP contribution in [-0.2, 0) is 11.3 Å². The molecule has 0 atom stereocenters. The lowest BCUT2D eigenvalue weighted by molar-refractivity contribution is -0.113. The molecule has 6 nitrogen and oxygen atoms in total. The van der Waals surface area contributed by atoms with Gasteiger partial charge in [0.1, 0.15) is 0 Å². The molecular weight excluding hydrogens is 428 g/mol. The van der Waals surface area contributed by atoms with Crippen LogP contribution in [0, 0.1) is 0 Å². The van der Waals surface area contributed by atoms with Gasteiger partial charge in [0, 0.05) is 16.6 Å². The molecular formula is C20H15ClN4O2S2. The Morgan fingerprint density at radius 2 is 2.07 bits per heavy atom. The van der Waals surface area contributed by atoms with E-state index in [-0.39, 0.29) is 17.2 Å². The quantitative estimate of drug-likeness (QED) is 0.356. The molecule has 0 saturated heterocycles. The highest BCUT2D eigenvalue weighted by Crippen LogP contribution is 2.20. The molecule has 0 saturated carbocycles. The fraction of sp³-hybridized carbons (Fsp3) is 0.100. The molecule has 2 aromatic heterocycles. The first-order valence-electron chi connectivity index (χ1n) is 8.66. The molecule has 0 bridgehead atoms. The Kier molecular flexibility index (Phi) is 5.94. The minimum atomic E-state index is -0.207. The average Bonchev–Trinajstić information content (AvgIpc) is 3.22. The second-order valence-electron chi connectivity index (χ2n) is 6.11. The van der Waals surface area contributed by atoms with Gasteiger partial charge in [-0.2, -0.15) is 0 Å². The molecule has 1 N–H and O–H groups in total. The van der Waals surface area contributed by atoms with Crippen molar-refractivity contribution in [2.24, 2.45) is 0 Å². The van der Waals surface area contributed by atoms with Gasteiger partial charge < -0.3 is 5.32 Å². The Morgan fingerprint density at radius 1 is 1.21 bits per heavy atom. The number of amides is 1. The number of nitrogens with one attached hydrogen (secondary N) is 1. The molecule has 4 rings (SSSR count). The van der Waals surface area contributed by atoms with Crippen LogP contribution >= 0.6 is 34.7 Å². The van der Waals surface area contributed by atoms with Gasteiger partial charge in [-0.15, -0.1) is 11.3 Å². The van der Waals surface area contributed by atoms with E-state index in [4.69, 9.17) is 11.6 Å². The highest BCUT2D eigenvalue weighted by molar-refractivity contribution is 7.99. The number of thioether (sulfide) groups is 1. The third-order valence-electron chi connectivity index (χ3n) is 4.07. The summed E-state index contributed by atoms with van der Waals surface area (Å²) < 4.78 is 1.58. The summed E-state index contributed by atoms with van der Waals surface area (Å²) in [7, 11) is 0. The number of carbonyl (C=O) groups excluding carboxylic acids is 1. The van der Waals surface area contributed by atoms with Gasteiger partial charge in [-0.05, 0) is 29.8 Å². The van der Waals surface area contributed by atoms with Crippen molar-refractivity contribution >= 4 is 56.6 Å². The van der Waals surface area contributed by atoms with Crippen LogP contribution in [0.2, 0.25) is 5.02 Å². The molecule has 0 aliphatic heterocycles. The topological polar surface area (TPSA) is 76.9 Å². The molecule has 0 aliphatic carbocycles. The Bertz CT molecular complexity index is 1220. The first kappa shape index (κ1) is 19.6. The van der Waals surface area contributed by atoms with Crippen LogP contribution in [0.5, 0.6) is 0 Å². The third kappa shape index (κ3) is 4.67. The van der Waals surface area contributed by atoms with Crippen molar-refractivity contribution in [3.05, 3.63) is 81.0 Å². The normalized spacial score (nSPS) is 10.9. The van der Waals surface area contributed by atoms with Gasteiger partial charge in [-0.1, -0.05) is 47.6 Å². The van der Waals surface area contributed by atoms with Crippen molar-refractivity contribution in [3.8, 4) is 0 Å². The minimum absolute atomic E-state index is 0.111. The lowest BCUT2D eigenvalue weighted by Crippen LogP contribution is -2.24. The number of thiazole rings is 1. The number of rotatable bonds is 6. The lowest BCUT2D eigenvalue weighted by atomic mass is 10.2. The summed E-state index contributed by atoms with van der Waals surface area (Å²) in [5.41, 5.74) is 1.33. The SMILES string of the molecule is O=C(CSc1nc2ccccc2c(=O)n1Cc1cccc(Cl)c1)Nc1nccs1. The lowest BCUT2D eigenvalue weighted by Gasteiger charge is -2.13. The summed E-state index contributed by atoms with van der Waals surface area (Å²) >= 11 is 8.65. The van der Waals surface area contributed by atoms with Gasteiger partial charge in [0.25, 0.3) is 5.56 Å². The van der Waals surface area contributed by atoms with Crippen molar-refractivity contribution in [2.75, 3.05) is 11.1 Å². The molecule has 0 fully saturated rings. The van der Waals surface area contributed by atoms with E-state index in [9.17, 15) is 9.59 Å². The maximum absolute atomic E-state index is 13.1. The molecule has 4 aromatic rings. The Hall–Kier alpha value is -2.68. The summed E-state index contributed by atoms with van der Waals surface area (Å²) in [6, 6.07) is 14.5. The van der Waals surface area contributed by atoms with Crippen LogP contribution < -0.4 is 10.9 Å². The smallest absolute Gasteiger partial charge is 0.262 e. The summed E-state index contributed by atoms with van der Waals surface area (Å²) in [5.74, 6) is -0.0958. The van der Waals surface area contributed by atoms with Crippen LogP contribution in [-0.4, -0.2) is 26.2 Å². The summed E-state index contributed by atoms with van der Waals surface area (Å²) in [6.07, 6.45) is 1.63. The number of fused-ring (bicyclic) bond motifs is 1. The van der Waals surface area contributed by atoms with Gasteiger partial charge >= 0.3 is 0 Å². The molecule has 0 spiro atoms. The molecule has 0 aliphatic rings. The maximum Gasteiger partial charge on any atom is 0.262 e.